The lowest BCUT2D eigenvalue weighted by Gasteiger charge is -2.11. The largest absolute Gasteiger partial charge is 0.323 e. The van der Waals surface area contributed by atoms with Crippen molar-refractivity contribution in [2.24, 2.45) is 0 Å². The molecule has 0 spiro atoms. The van der Waals surface area contributed by atoms with Crippen LogP contribution < -0.4 is 10.6 Å². The first-order valence-electron chi connectivity index (χ1n) is 11.9. The monoisotopic (exact) mass is 519 g/mol. The van der Waals surface area contributed by atoms with Crippen molar-refractivity contribution < 1.29 is 4.79 Å². The number of amides is 2. The standard InChI is InChI=1S/C29H22ClN7O/c1-19-5-7-20(8-6-19)25-16-37(18-32-25)28-27-31-13-14-36(27)17-26(35-28)21-3-2-4-24(15-21)34-29(38)33-23-11-9-22(30)10-12-23/h2-18H,1H3,(H2,33,34,38). The molecule has 0 aliphatic heterocycles. The zero-order chi connectivity index (χ0) is 26.1. The molecule has 0 aliphatic rings. The number of imidazole rings is 2. The highest BCUT2D eigenvalue weighted by Gasteiger charge is 2.13. The molecule has 0 saturated heterocycles. The molecular formula is C29H22ClN7O. The van der Waals surface area contributed by atoms with Crippen LogP contribution in [-0.2, 0) is 0 Å². The Labute approximate surface area is 223 Å². The smallest absolute Gasteiger partial charge is 0.308 e. The third-order valence-electron chi connectivity index (χ3n) is 6.05. The third-order valence-corrected chi connectivity index (χ3v) is 6.30. The Morgan fingerprint density at radius 1 is 0.842 bits per heavy atom. The maximum Gasteiger partial charge on any atom is 0.323 e. The molecule has 6 rings (SSSR count). The minimum absolute atomic E-state index is 0.356. The number of nitrogens with one attached hydrogen (secondary N) is 2. The molecule has 3 aromatic heterocycles. The number of urea groups is 1. The fourth-order valence-electron chi connectivity index (χ4n) is 4.12. The summed E-state index contributed by atoms with van der Waals surface area (Å²) in [5.74, 6) is 0.650. The van der Waals surface area contributed by atoms with Gasteiger partial charge in [0, 0.05) is 52.3 Å². The molecule has 0 fully saturated rings. The lowest BCUT2D eigenvalue weighted by molar-refractivity contribution is 0.262. The Balaban J connectivity index is 1.30. The van der Waals surface area contributed by atoms with Crippen LogP contribution in [0.2, 0.25) is 5.02 Å². The highest BCUT2D eigenvalue weighted by Crippen LogP contribution is 2.26. The number of hydrogen-bond acceptors (Lipinski definition) is 4. The summed E-state index contributed by atoms with van der Waals surface area (Å²) in [5, 5.41) is 6.28. The average molecular weight is 520 g/mol. The van der Waals surface area contributed by atoms with Crippen molar-refractivity contribution in [2.75, 3.05) is 10.6 Å². The van der Waals surface area contributed by atoms with E-state index in [0.29, 0.717) is 27.9 Å². The fourth-order valence-corrected chi connectivity index (χ4v) is 4.25. The van der Waals surface area contributed by atoms with E-state index in [1.165, 1.54) is 5.56 Å². The van der Waals surface area contributed by atoms with Gasteiger partial charge in [-0.3, -0.25) is 4.57 Å². The summed E-state index contributed by atoms with van der Waals surface area (Å²) in [4.78, 5) is 26.6. The highest BCUT2D eigenvalue weighted by atomic mass is 35.5. The van der Waals surface area contributed by atoms with Gasteiger partial charge in [0.1, 0.15) is 6.33 Å². The van der Waals surface area contributed by atoms with Gasteiger partial charge in [0.25, 0.3) is 0 Å². The number of anilines is 2. The number of nitrogens with zero attached hydrogens (tertiary/aromatic N) is 5. The van der Waals surface area contributed by atoms with Crippen molar-refractivity contribution in [1.82, 2.24) is 23.9 Å². The second kappa shape index (κ2) is 9.84. The number of carbonyl (C=O) groups is 1. The number of fused-ring (bicyclic) bond motifs is 1. The Hall–Kier alpha value is -4.95. The molecule has 3 heterocycles. The molecule has 38 heavy (non-hydrogen) atoms. The van der Waals surface area contributed by atoms with Crippen LogP contribution in [0.4, 0.5) is 16.2 Å². The minimum atomic E-state index is -0.356. The van der Waals surface area contributed by atoms with Crippen molar-refractivity contribution in [3.8, 4) is 28.3 Å². The van der Waals surface area contributed by atoms with Gasteiger partial charge in [0.2, 0.25) is 0 Å². The molecule has 0 aliphatic carbocycles. The topological polar surface area (TPSA) is 89.1 Å². The molecule has 3 aromatic carbocycles. The molecule has 8 nitrogen and oxygen atoms in total. The van der Waals surface area contributed by atoms with E-state index < -0.39 is 0 Å². The first kappa shape index (κ1) is 23.4. The maximum absolute atomic E-state index is 12.5. The van der Waals surface area contributed by atoms with Gasteiger partial charge in [0.15, 0.2) is 11.5 Å². The molecule has 2 N–H and O–H groups in total. The van der Waals surface area contributed by atoms with Gasteiger partial charge < -0.3 is 15.0 Å². The normalized spacial score (nSPS) is 11.0. The number of carbonyl (C=O) groups excluding carboxylic acids is 1. The Kier molecular flexibility index (Phi) is 6.07. The number of hydrogen-bond donors (Lipinski definition) is 2. The first-order chi connectivity index (χ1) is 18.5. The van der Waals surface area contributed by atoms with E-state index in [9.17, 15) is 4.79 Å². The van der Waals surface area contributed by atoms with E-state index in [1.807, 2.05) is 51.8 Å². The zero-order valence-corrected chi connectivity index (χ0v) is 21.1. The number of rotatable bonds is 5. The van der Waals surface area contributed by atoms with Crippen LogP contribution in [0.5, 0.6) is 0 Å². The van der Waals surface area contributed by atoms with Gasteiger partial charge >= 0.3 is 6.03 Å². The minimum Gasteiger partial charge on any atom is -0.308 e. The van der Waals surface area contributed by atoms with Crippen LogP contribution in [0.1, 0.15) is 5.56 Å². The number of aromatic nitrogens is 5. The molecule has 2 amide bonds. The summed E-state index contributed by atoms with van der Waals surface area (Å²) in [5.41, 5.74) is 6.61. The number of benzene rings is 3. The zero-order valence-electron chi connectivity index (χ0n) is 20.3. The van der Waals surface area contributed by atoms with Crippen molar-refractivity contribution in [3.05, 3.63) is 114 Å². The molecule has 0 unspecified atom stereocenters. The number of aryl methyl sites for hydroxylation is 1. The summed E-state index contributed by atoms with van der Waals surface area (Å²) < 4.78 is 3.80. The summed E-state index contributed by atoms with van der Waals surface area (Å²) >= 11 is 5.92. The van der Waals surface area contributed by atoms with Gasteiger partial charge in [-0.2, -0.15) is 0 Å². The predicted octanol–water partition coefficient (Wildman–Crippen LogP) is 6.85. The van der Waals surface area contributed by atoms with Gasteiger partial charge in [-0.15, -0.1) is 0 Å². The second-order valence-corrected chi connectivity index (χ2v) is 9.24. The van der Waals surface area contributed by atoms with Crippen LogP contribution in [0, 0.1) is 6.92 Å². The van der Waals surface area contributed by atoms with Crippen molar-refractivity contribution in [2.45, 2.75) is 6.92 Å². The lowest BCUT2D eigenvalue weighted by Crippen LogP contribution is -2.19. The molecule has 0 bridgehead atoms. The van der Waals surface area contributed by atoms with Crippen LogP contribution in [-0.4, -0.2) is 30.0 Å². The average Bonchev–Trinajstić information content (AvgIpc) is 3.60. The van der Waals surface area contributed by atoms with E-state index in [1.54, 1.807) is 36.8 Å². The molecule has 0 saturated carbocycles. The summed E-state index contributed by atoms with van der Waals surface area (Å²) in [6.45, 7) is 2.06. The van der Waals surface area contributed by atoms with Gasteiger partial charge in [0.05, 0.1) is 11.4 Å². The third kappa shape index (κ3) is 4.85. The molecule has 0 atom stereocenters. The summed E-state index contributed by atoms with van der Waals surface area (Å²) in [6.07, 6.45) is 9.22. The predicted molar refractivity (Wildman–Crippen MR) is 150 cm³/mol. The van der Waals surface area contributed by atoms with Crippen molar-refractivity contribution in [1.29, 1.82) is 0 Å². The molecule has 6 aromatic rings. The van der Waals surface area contributed by atoms with Crippen LogP contribution in [0.25, 0.3) is 34.0 Å². The molecule has 0 radical (unpaired) electrons. The van der Waals surface area contributed by atoms with Gasteiger partial charge in [-0.1, -0.05) is 53.6 Å². The Morgan fingerprint density at radius 2 is 1.63 bits per heavy atom. The maximum atomic E-state index is 12.5. The second-order valence-electron chi connectivity index (χ2n) is 8.81. The van der Waals surface area contributed by atoms with Crippen LogP contribution in [0.15, 0.2) is 104 Å². The molecule has 186 valence electrons. The molecule has 9 heteroatoms. The Bertz CT molecular complexity index is 1750. The van der Waals surface area contributed by atoms with E-state index in [2.05, 4.69) is 51.8 Å². The van der Waals surface area contributed by atoms with Gasteiger partial charge in [-0.05, 0) is 43.3 Å². The summed E-state index contributed by atoms with van der Waals surface area (Å²) in [7, 11) is 0. The molecular weight excluding hydrogens is 498 g/mol. The highest BCUT2D eigenvalue weighted by molar-refractivity contribution is 6.30. The quantitative estimate of drug-likeness (QED) is 0.260. The van der Waals surface area contributed by atoms with E-state index in [0.717, 1.165) is 22.5 Å². The fraction of sp³-hybridized carbons (Fsp3) is 0.0345. The van der Waals surface area contributed by atoms with Crippen LogP contribution >= 0.6 is 11.6 Å². The van der Waals surface area contributed by atoms with E-state index in [-0.39, 0.29) is 6.03 Å². The van der Waals surface area contributed by atoms with E-state index >= 15 is 0 Å². The van der Waals surface area contributed by atoms with Crippen molar-refractivity contribution >= 4 is 34.7 Å². The van der Waals surface area contributed by atoms with Gasteiger partial charge in [-0.25, -0.2) is 19.7 Å². The van der Waals surface area contributed by atoms with Crippen LogP contribution in [0.3, 0.4) is 0 Å². The first-order valence-corrected chi connectivity index (χ1v) is 12.3. The van der Waals surface area contributed by atoms with Crippen molar-refractivity contribution in [3.63, 3.8) is 0 Å². The Morgan fingerprint density at radius 3 is 2.45 bits per heavy atom. The van der Waals surface area contributed by atoms with E-state index in [4.69, 9.17) is 16.6 Å². The number of halogens is 1. The SMILES string of the molecule is Cc1ccc(-c2cn(-c3nc(-c4cccc(NC(=O)Nc5ccc(Cl)cc5)c4)cn4ccnc34)cn2)cc1. The lowest BCUT2D eigenvalue weighted by atomic mass is 10.1. The summed E-state index contributed by atoms with van der Waals surface area (Å²) in [6, 6.07) is 22.3.